The molecule has 0 spiro atoms. The average molecular weight is 389 g/mol. The Labute approximate surface area is 159 Å². The predicted octanol–water partition coefficient (Wildman–Crippen LogP) is 1.97. The lowest BCUT2D eigenvalue weighted by molar-refractivity contribution is -0.384. The van der Waals surface area contributed by atoms with Crippen molar-refractivity contribution >= 4 is 23.5 Å². The zero-order valence-electron chi connectivity index (χ0n) is 15.5. The summed E-state index contributed by atoms with van der Waals surface area (Å²) in [6.07, 6.45) is 0. The summed E-state index contributed by atoms with van der Waals surface area (Å²) in [6.45, 7) is 3.00. The number of likely N-dealkylation sites (N-methyl/N-ethyl adjacent to an activating group) is 1. The fraction of sp³-hybridized carbons (Fsp3) is 0.278. The molecule has 28 heavy (non-hydrogen) atoms. The van der Waals surface area contributed by atoms with Crippen LogP contribution in [0.25, 0.3) is 0 Å². The van der Waals surface area contributed by atoms with E-state index >= 15 is 0 Å². The number of carboxylic acids is 1. The van der Waals surface area contributed by atoms with E-state index in [1.54, 1.807) is 0 Å². The van der Waals surface area contributed by atoms with Gasteiger partial charge < -0.3 is 19.7 Å². The number of aryl methyl sites for hydroxylation is 1. The Kier molecular flexibility index (Phi) is 6.14. The van der Waals surface area contributed by atoms with Crippen LogP contribution in [-0.4, -0.2) is 45.8 Å². The van der Waals surface area contributed by atoms with Crippen molar-refractivity contribution in [2.75, 3.05) is 7.05 Å². The molecule has 2 amide bonds. The van der Waals surface area contributed by atoms with Crippen molar-refractivity contribution in [2.24, 2.45) is 0 Å². The molecule has 148 valence electrons. The fourth-order valence-electron chi connectivity index (χ4n) is 2.58. The van der Waals surface area contributed by atoms with Crippen LogP contribution in [0, 0.1) is 17.0 Å². The van der Waals surface area contributed by atoms with Crippen LogP contribution in [0.15, 0.2) is 34.7 Å². The molecular weight excluding hydrogens is 370 g/mol. The molecule has 0 aliphatic rings. The highest BCUT2D eigenvalue weighted by Crippen LogP contribution is 2.17. The van der Waals surface area contributed by atoms with Gasteiger partial charge in [0.15, 0.2) is 0 Å². The van der Waals surface area contributed by atoms with E-state index in [9.17, 15) is 24.5 Å². The number of hydrogen-bond acceptors (Lipinski definition) is 6. The van der Waals surface area contributed by atoms with Crippen molar-refractivity contribution in [2.45, 2.75) is 26.4 Å². The average Bonchev–Trinajstić information content (AvgIpc) is 3.01. The zero-order chi connectivity index (χ0) is 21.0. The molecule has 0 aliphatic heterocycles. The van der Waals surface area contributed by atoms with Gasteiger partial charge in [-0.05, 0) is 26.0 Å². The first kappa shape index (κ1) is 20.6. The number of carbonyl (C=O) groups is 3. The molecule has 2 aromatic rings. The fourth-order valence-corrected chi connectivity index (χ4v) is 2.58. The normalized spacial score (nSPS) is 11.5. The zero-order valence-corrected chi connectivity index (χ0v) is 15.5. The molecule has 0 aliphatic carbocycles. The van der Waals surface area contributed by atoms with Gasteiger partial charge in [-0.15, -0.1) is 0 Å². The molecule has 1 atom stereocenters. The molecule has 1 aromatic heterocycles. The van der Waals surface area contributed by atoms with Gasteiger partial charge in [0.25, 0.3) is 11.6 Å². The molecule has 2 N–H and O–H groups in total. The molecule has 2 rings (SSSR count). The Bertz CT molecular complexity index is 935. The lowest BCUT2D eigenvalue weighted by Gasteiger charge is -2.21. The number of benzene rings is 1. The predicted molar refractivity (Wildman–Crippen MR) is 96.9 cm³/mol. The molecule has 1 heterocycles. The summed E-state index contributed by atoms with van der Waals surface area (Å²) in [5, 5.41) is 22.3. The van der Waals surface area contributed by atoms with Gasteiger partial charge in [0.05, 0.1) is 11.5 Å². The maximum absolute atomic E-state index is 12.5. The summed E-state index contributed by atoms with van der Waals surface area (Å²) in [4.78, 5) is 47.2. The minimum absolute atomic E-state index is 0.0165. The molecular formula is C18H19N3O7. The van der Waals surface area contributed by atoms with Gasteiger partial charge in [-0.2, -0.15) is 0 Å². The van der Waals surface area contributed by atoms with Crippen molar-refractivity contribution in [3.63, 3.8) is 0 Å². The quantitative estimate of drug-likeness (QED) is 0.544. The molecule has 10 heteroatoms. The smallest absolute Gasteiger partial charge is 0.339 e. The van der Waals surface area contributed by atoms with E-state index in [0.29, 0.717) is 5.76 Å². The maximum atomic E-state index is 12.5. The molecule has 0 radical (unpaired) electrons. The van der Waals surface area contributed by atoms with Crippen LogP contribution in [0.5, 0.6) is 0 Å². The topological polar surface area (TPSA) is 143 Å². The van der Waals surface area contributed by atoms with E-state index in [-0.39, 0.29) is 29.1 Å². The Hall–Kier alpha value is -3.69. The van der Waals surface area contributed by atoms with Gasteiger partial charge in [-0.1, -0.05) is 6.07 Å². The van der Waals surface area contributed by atoms with Gasteiger partial charge in [-0.3, -0.25) is 19.7 Å². The summed E-state index contributed by atoms with van der Waals surface area (Å²) < 4.78 is 5.34. The number of nitrogens with one attached hydrogen (secondary N) is 1. The molecule has 0 bridgehead atoms. The molecule has 0 fully saturated rings. The van der Waals surface area contributed by atoms with Crippen LogP contribution in [-0.2, 0) is 11.3 Å². The third kappa shape index (κ3) is 4.72. The lowest BCUT2D eigenvalue weighted by atomic mass is 10.1. The largest absolute Gasteiger partial charge is 0.478 e. The van der Waals surface area contributed by atoms with Gasteiger partial charge in [0, 0.05) is 24.7 Å². The van der Waals surface area contributed by atoms with Gasteiger partial charge in [0.1, 0.15) is 23.1 Å². The van der Waals surface area contributed by atoms with Gasteiger partial charge >= 0.3 is 5.97 Å². The minimum Gasteiger partial charge on any atom is -0.478 e. The van der Waals surface area contributed by atoms with E-state index in [1.165, 1.54) is 50.1 Å². The highest BCUT2D eigenvalue weighted by molar-refractivity contribution is 5.97. The monoisotopic (exact) mass is 389 g/mol. The lowest BCUT2D eigenvalue weighted by Crippen LogP contribution is -2.45. The first-order chi connectivity index (χ1) is 13.1. The Morgan fingerprint density at radius 1 is 1.32 bits per heavy atom. The van der Waals surface area contributed by atoms with Crippen LogP contribution in [0.2, 0.25) is 0 Å². The Morgan fingerprint density at radius 2 is 2.00 bits per heavy atom. The second-order valence-electron chi connectivity index (χ2n) is 6.18. The summed E-state index contributed by atoms with van der Waals surface area (Å²) in [5.74, 6) is -1.66. The summed E-state index contributed by atoms with van der Waals surface area (Å²) in [6, 6.07) is 5.60. The van der Waals surface area contributed by atoms with E-state index in [2.05, 4.69) is 5.32 Å². The van der Waals surface area contributed by atoms with Crippen LogP contribution in [0.3, 0.4) is 0 Å². The van der Waals surface area contributed by atoms with E-state index in [1.807, 2.05) is 0 Å². The number of rotatable bonds is 7. The van der Waals surface area contributed by atoms with Crippen molar-refractivity contribution in [1.29, 1.82) is 0 Å². The highest BCUT2D eigenvalue weighted by atomic mass is 16.6. The second kappa shape index (κ2) is 8.33. The third-order valence-corrected chi connectivity index (χ3v) is 4.01. The number of non-ortho nitro benzene ring substituents is 1. The molecule has 1 aromatic carbocycles. The number of nitrogens with zero attached hydrogens (tertiary/aromatic N) is 2. The van der Waals surface area contributed by atoms with Crippen molar-refractivity contribution in [1.82, 2.24) is 10.2 Å². The van der Waals surface area contributed by atoms with Crippen LogP contribution in [0.1, 0.15) is 39.2 Å². The number of nitro groups is 1. The summed E-state index contributed by atoms with van der Waals surface area (Å²) in [5.41, 5.74) is -0.154. The SMILES string of the molecule is Cc1oc(CN(C)C(=O)C(C)NC(=O)c2cccc([N+](=O)[O-])c2)cc1C(=O)O. The van der Waals surface area contributed by atoms with E-state index in [4.69, 9.17) is 9.52 Å². The first-order valence-electron chi connectivity index (χ1n) is 8.23. The molecule has 0 saturated carbocycles. The highest BCUT2D eigenvalue weighted by Gasteiger charge is 2.23. The van der Waals surface area contributed by atoms with E-state index in [0.717, 1.165) is 6.07 Å². The van der Waals surface area contributed by atoms with Crippen molar-refractivity contribution < 1.29 is 28.8 Å². The number of amides is 2. The summed E-state index contributed by atoms with van der Waals surface area (Å²) in [7, 11) is 1.48. The standard InChI is InChI=1S/C18H19N3O7/c1-10(19-16(22)12-5-4-6-13(7-12)21(26)27)17(23)20(3)9-14-8-15(18(24)25)11(2)28-14/h4-8,10H,9H2,1-3H3,(H,19,22)(H,24,25). The van der Waals surface area contributed by atoms with Crippen LogP contribution in [0.4, 0.5) is 5.69 Å². The molecule has 0 saturated heterocycles. The van der Waals surface area contributed by atoms with E-state index < -0.39 is 28.7 Å². The van der Waals surface area contributed by atoms with Crippen LogP contribution < -0.4 is 5.32 Å². The number of carboxylic acid groups (broad SMARTS) is 1. The number of hydrogen-bond donors (Lipinski definition) is 2. The Morgan fingerprint density at radius 3 is 2.57 bits per heavy atom. The maximum Gasteiger partial charge on any atom is 0.339 e. The molecule has 10 nitrogen and oxygen atoms in total. The van der Waals surface area contributed by atoms with Crippen molar-refractivity contribution in [3.05, 3.63) is 63.1 Å². The summed E-state index contributed by atoms with van der Waals surface area (Å²) >= 11 is 0. The third-order valence-electron chi connectivity index (χ3n) is 4.01. The Balaban J connectivity index is 2.02. The first-order valence-corrected chi connectivity index (χ1v) is 8.23. The van der Waals surface area contributed by atoms with Crippen LogP contribution >= 0.6 is 0 Å². The number of carbonyl (C=O) groups excluding carboxylic acids is 2. The molecule has 1 unspecified atom stereocenters. The second-order valence-corrected chi connectivity index (χ2v) is 6.18. The van der Waals surface area contributed by atoms with Gasteiger partial charge in [-0.25, -0.2) is 4.79 Å². The number of nitro benzene ring substituents is 1. The number of furan rings is 1. The minimum atomic E-state index is -1.13. The van der Waals surface area contributed by atoms with Crippen molar-refractivity contribution in [3.8, 4) is 0 Å². The number of aromatic carboxylic acids is 1. The van der Waals surface area contributed by atoms with Gasteiger partial charge in [0.2, 0.25) is 5.91 Å².